The number of carbonyl (C=O) groups excluding carboxylic acids is 1. The van der Waals surface area contributed by atoms with Crippen LogP contribution in [0.4, 0.5) is 5.95 Å². The summed E-state index contributed by atoms with van der Waals surface area (Å²) in [6.07, 6.45) is 3.18. The second-order valence-electron chi connectivity index (χ2n) is 6.30. The number of nitrogens with one attached hydrogen (secondary N) is 2. The highest BCUT2D eigenvalue weighted by Crippen LogP contribution is 2.27. The van der Waals surface area contributed by atoms with Crippen molar-refractivity contribution in [3.8, 4) is 0 Å². The molecule has 1 amide bonds. The van der Waals surface area contributed by atoms with Gasteiger partial charge in [0.2, 0.25) is 11.9 Å². The zero-order valence-electron chi connectivity index (χ0n) is 13.6. The van der Waals surface area contributed by atoms with E-state index in [1.807, 2.05) is 11.8 Å². The van der Waals surface area contributed by atoms with E-state index in [4.69, 9.17) is 4.74 Å². The molecule has 7 nitrogen and oxygen atoms in total. The molecule has 1 saturated heterocycles. The van der Waals surface area contributed by atoms with Crippen LogP contribution in [0.1, 0.15) is 30.5 Å². The van der Waals surface area contributed by atoms with E-state index in [0.29, 0.717) is 49.2 Å². The van der Waals surface area contributed by atoms with Crippen molar-refractivity contribution in [3.63, 3.8) is 0 Å². The van der Waals surface area contributed by atoms with Crippen LogP contribution < -0.4 is 15.8 Å². The predicted octanol–water partition coefficient (Wildman–Crippen LogP) is 0.374. The number of nitrogens with zero attached hydrogens (tertiary/aromatic N) is 2. The summed E-state index contributed by atoms with van der Waals surface area (Å²) in [6.45, 7) is 5.34. The van der Waals surface area contributed by atoms with Gasteiger partial charge in [0.25, 0.3) is 5.56 Å². The number of anilines is 1. The first-order valence-corrected chi connectivity index (χ1v) is 8.32. The number of carbonyl (C=O) groups is 1. The maximum atomic E-state index is 12.3. The maximum Gasteiger partial charge on any atom is 0.255 e. The molecule has 0 bridgehead atoms. The Balaban J connectivity index is 1.60. The van der Waals surface area contributed by atoms with E-state index in [0.717, 1.165) is 19.6 Å². The summed E-state index contributed by atoms with van der Waals surface area (Å²) in [7, 11) is 0. The minimum atomic E-state index is -0.144. The average molecular weight is 320 g/mol. The summed E-state index contributed by atoms with van der Waals surface area (Å²) in [5.74, 6) is 1.27. The number of hydrogen-bond donors (Lipinski definition) is 2. The van der Waals surface area contributed by atoms with Gasteiger partial charge in [0.05, 0.1) is 13.2 Å². The Bertz CT molecular complexity index is 618. The van der Waals surface area contributed by atoms with E-state index < -0.39 is 0 Å². The third-order valence-corrected chi connectivity index (χ3v) is 4.41. The van der Waals surface area contributed by atoms with Gasteiger partial charge >= 0.3 is 0 Å². The number of rotatable bonds is 6. The van der Waals surface area contributed by atoms with Crippen LogP contribution in [0.2, 0.25) is 0 Å². The zero-order chi connectivity index (χ0) is 16.2. The summed E-state index contributed by atoms with van der Waals surface area (Å²) < 4.78 is 5.31. The van der Waals surface area contributed by atoms with Crippen LogP contribution in [-0.2, 0) is 16.0 Å². The van der Waals surface area contributed by atoms with Crippen molar-refractivity contribution in [2.24, 2.45) is 5.92 Å². The number of hydrogen-bond acceptors (Lipinski definition) is 5. The lowest BCUT2D eigenvalue weighted by atomic mass is 10.1. The molecule has 1 aliphatic carbocycles. The molecule has 1 aliphatic heterocycles. The number of ether oxygens (including phenoxy) is 1. The molecular formula is C16H24N4O3. The van der Waals surface area contributed by atoms with Crippen LogP contribution in [0.15, 0.2) is 4.79 Å². The highest BCUT2D eigenvalue weighted by molar-refractivity contribution is 5.76. The molecule has 2 heterocycles. The average Bonchev–Trinajstić information content (AvgIpc) is 3.37. The molecule has 0 atom stereocenters. The van der Waals surface area contributed by atoms with Gasteiger partial charge < -0.3 is 15.0 Å². The standard InChI is InChI=1S/C16H24N4O3/c1-11-13(4-5-14(21)17-10-12-2-3-12)15(22)19-16(18-11)20-6-8-23-9-7-20/h12H,2-10H2,1H3,(H,17,21)(H,18,19,22). The monoisotopic (exact) mass is 320 g/mol. The molecule has 1 aromatic heterocycles. The van der Waals surface area contributed by atoms with Crippen LogP contribution >= 0.6 is 0 Å². The lowest BCUT2D eigenvalue weighted by molar-refractivity contribution is -0.121. The minimum absolute atomic E-state index is 0.00737. The highest BCUT2D eigenvalue weighted by atomic mass is 16.5. The van der Waals surface area contributed by atoms with E-state index in [-0.39, 0.29) is 11.5 Å². The summed E-state index contributed by atoms with van der Waals surface area (Å²) in [4.78, 5) is 33.5. The second-order valence-corrected chi connectivity index (χ2v) is 6.30. The Morgan fingerprint density at radius 2 is 2.13 bits per heavy atom. The molecular weight excluding hydrogens is 296 g/mol. The van der Waals surface area contributed by atoms with Gasteiger partial charge in [-0.3, -0.25) is 14.6 Å². The molecule has 1 saturated carbocycles. The second kappa shape index (κ2) is 7.12. The first-order valence-electron chi connectivity index (χ1n) is 8.32. The molecule has 0 radical (unpaired) electrons. The van der Waals surface area contributed by atoms with Gasteiger partial charge in [0.1, 0.15) is 0 Å². The van der Waals surface area contributed by atoms with E-state index in [1.165, 1.54) is 12.8 Å². The van der Waals surface area contributed by atoms with Crippen molar-refractivity contribution < 1.29 is 9.53 Å². The third kappa shape index (κ3) is 4.31. The number of aryl methyl sites for hydroxylation is 1. The predicted molar refractivity (Wildman–Crippen MR) is 86.7 cm³/mol. The Hall–Kier alpha value is -1.89. The van der Waals surface area contributed by atoms with Crippen LogP contribution in [0.3, 0.4) is 0 Å². The van der Waals surface area contributed by atoms with Gasteiger partial charge in [0.15, 0.2) is 0 Å². The highest BCUT2D eigenvalue weighted by Gasteiger charge is 2.22. The zero-order valence-corrected chi connectivity index (χ0v) is 13.6. The summed E-state index contributed by atoms with van der Waals surface area (Å²) in [5, 5.41) is 2.92. The number of H-pyrrole nitrogens is 1. The van der Waals surface area contributed by atoms with Crippen molar-refractivity contribution in [2.45, 2.75) is 32.6 Å². The lowest BCUT2D eigenvalue weighted by Crippen LogP contribution is -2.38. The first-order chi connectivity index (χ1) is 11.1. The Labute approximate surface area is 135 Å². The van der Waals surface area contributed by atoms with Gasteiger partial charge in [0, 0.05) is 37.3 Å². The fraction of sp³-hybridized carbons (Fsp3) is 0.688. The smallest absolute Gasteiger partial charge is 0.255 e. The quantitative estimate of drug-likeness (QED) is 0.791. The maximum absolute atomic E-state index is 12.3. The van der Waals surface area contributed by atoms with E-state index in [2.05, 4.69) is 15.3 Å². The van der Waals surface area contributed by atoms with Crippen molar-refractivity contribution >= 4 is 11.9 Å². The Morgan fingerprint density at radius 1 is 1.39 bits per heavy atom. The third-order valence-electron chi connectivity index (χ3n) is 4.41. The van der Waals surface area contributed by atoms with E-state index >= 15 is 0 Å². The molecule has 2 aliphatic rings. The van der Waals surface area contributed by atoms with Crippen molar-refractivity contribution in [1.82, 2.24) is 15.3 Å². The van der Waals surface area contributed by atoms with Gasteiger partial charge in [-0.2, -0.15) is 0 Å². The largest absolute Gasteiger partial charge is 0.378 e. The molecule has 2 fully saturated rings. The summed E-state index contributed by atoms with van der Waals surface area (Å²) >= 11 is 0. The molecule has 1 aromatic rings. The number of aromatic nitrogens is 2. The fourth-order valence-electron chi connectivity index (χ4n) is 2.72. The number of morpholine rings is 1. The van der Waals surface area contributed by atoms with Crippen LogP contribution in [0, 0.1) is 12.8 Å². The van der Waals surface area contributed by atoms with Gasteiger partial charge in [-0.1, -0.05) is 0 Å². The Kier molecular flexibility index (Phi) is 4.95. The molecule has 3 rings (SSSR count). The normalized spacial score (nSPS) is 18.0. The lowest BCUT2D eigenvalue weighted by Gasteiger charge is -2.27. The summed E-state index contributed by atoms with van der Waals surface area (Å²) in [5.41, 5.74) is 1.16. The van der Waals surface area contributed by atoms with E-state index in [1.54, 1.807) is 0 Å². The fourth-order valence-corrected chi connectivity index (χ4v) is 2.72. The van der Waals surface area contributed by atoms with Crippen LogP contribution in [-0.4, -0.2) is 48.7 Å². The first kappa shape index (κ1) is 16.0. The molecule has 0 spiro atoms. The van der Waals surface area contributed by atoms with Crippen molar-refractivity contribution in [3.05, 3.63) is 21.6 Å². The van der Waals surface area contributed by atoms with Crippen LogP contribution in [0.25, 0.3) is 0 Å². The molecule has 7 heteroatoms. The summed E-state index contributed by atoms with van der Waals surface area (Å²) in [6, 6.07) is 0. The van der Waals surface area contributed by atoms with Crippen LogP contribution in [0.5, 0.6) is 0 Å². The Morgan fingerprint density at radius 3 is 2.78 bits per heavy atom. The van der Waals surface area contributed by atoms with Gasteiger partial charge in [-0.25, -0.2) is 4.98 Å². The molecule has 0 aromatic carbocycles. The number of aromatic amines is 1. The topological polar surface area (TPSA) is 87.3 Å². The molecule has 23 heavy (non-hydrogen) atoms. The van der Waals surface area contributed by atoms with Gasteiger partial charge in [-0.05, 0) is 32.1 Å². The van der Waals surface area contributed by atoms with Crippen molar-refractivity contribution in [2.75, 3.05) is 37.7 Å². The molecule has 126 valence electrons. The number of amides is 1. The molecule has 0 unspecified atom stereocenters. The minimum Gasteiger partial charge on any atom is -0.378 e. The van der Waals surface area contributed by atoms with E-state index in [9.17, 15) is 9.59 Å². The van der Waals surface area contributed by atoms with Crippen molar-refractivity contribution in [1.29, 1.82) is 0 Å². The molecule has 2 N–H and O–H groups in total. The SMILES string of the molecule is Cc1nc(N2CCOCC2)[nH]c(=O)c1CCC(=O)NCC1CC1. The van der Waals surface area contributed by atoms with Gasteiger partial charge in [-0.15, -0.1) is 0 Å².